The van der Waals surface area contributed by atoms with Crippen molar-refractivity contribution in [2.75, 3.05) is 5.32 Å². The van der Waals surface area contributed by atoms with Crippen molar-refractivity contribution in [3.8, 4) is 0 Å². The van der Waals surface area contributed by atoms with Crippen LogP contribution in [0.25, 0.3) is 0 Å². The minimum Gasteiger partial charge on any atom is -0.327 e. The number of amides is 1. The summed E-state index contributed by atoms with van der Waals surface area (Å²) in [6, 6.07) is 5.65. The minimum absolute atomic E-state index is 0.0486. The number of nitrogens with two attached hydrogens (primary N) is 1. The van der Waals surface area contributed by atoms with E-state index >= 15 is 0 Å². The van der Waals surface area contributed by atoms with Crippen molar-refractivity contribution in [3.05, 3.63) is 28.2 Å². The number of carbonyl (C=O) groups excluding carboxylic acids is 1. The Morgan fingerprint density at radius 2 is 2.00 bits per heavy atom. The molecule has 0 spiro atoms. The standard InChI is InChI=1S/C12H17BrN2O/c1-7-4-10(13)6-11(5-7)15-12(16)8(2)9(3)14/h4-6,8-9H,14H2,1-3H3,(H,15,16). The lowest BCUT2D eigenvalue weighted by molar-refractivity contribution is -0.119. The zero-order valence-corrected chi connectivity index (χ0v) is 11.3. The molecule has 0 aromatic heterocycles. The molecule has 1 rings (SSSR count). The van der Waals surface area contributed by atoms with Crippen LogP contribution in [0.2, 0.25) is 0 Å². The Kier molecular flexibility index (Phi) is 4.50. The lowest BCUT2D eigenvalue weighted by atomic mass is 10.0. The molecule has 4 heteroatoms. The van der Waals surface area contributed by atoms with Crippen LogP contribution in [-0.2, 0) is 4.79 Å². The maximum atomic E-state index is 11.8. The fourth-order valence-corrected chi connectivity index (χ4v) is 1.91. The summed E-state index contributed by atoms with van der Waals surface area (Å²) in [6.45, 7) is 5.64. The van der Waals surface area contributed by atoms with Crippen LogP contribution in [0.3, 0.4) is 0 Å². The molecule has 2 atom stereocenters. The topological polar surface area (TPSA) is 55.1 Å². The number of carbonyl (C=O) groups is 1. The summed E-state index contributed by atoms with van der Waals surface area (Å²) in [5.74, 6) is -0.244. The number of hydrogen-bond donors (Lipinski definition) is 2. The first-order valence-electron chi connectivity index (χ1n) is 5.24. The fraction of sp³-hybridized carbons (Fsp3) is 0.417. The van der Waals surface area contributed by atoms with Gasteiger partial charge in [0.1, 0.15) is 0 Å². The number of aryl methyl sites for hydroxylation is 1. The highest BCUT2D eigenvalue weighted by Gasteiger charge is 2.17. The van der Waals surface area contributed by atoms with Crippen LogP contribution >= 0.6 is 15.9 Å². The van der Waals surface area contributed by atoms with E-state index < -0.39 is 0 Å². The largest absolute Gasteiger partial charge is 0.327 e. The average molecular weight is 285 g/mol. The quantitative estimate of drug-likeness (QED) is 0.897. The van der Waals surface area contributed by atoms with E-state index in [9.17, 15) is 4.79 Å². The maximum absolute atomic E-state index is 11.8. The second-order valence-corrected chi connectivity index (χ2v) is 5.07. The maximum Gasteiger partial charge on any atom is 0.228 e. The molecule has 0 saturated heterocycles. The third-order valence-corrected chi connectivity index (χ3v) is 2.97. The Balaban J connectivity index is 2.77. The molecule has 1 amide bonds. The van der Waals surface area contributed by atoms with Gasteiger partial charge in [-0.05, 0) is 37.6 Å². The van der Waals surface area contributed by atoms with Crippen LogP contribution in [0.1, 0.15) is 19.4 Å². The van der Waals surface area contributed by atoms with Crippen molar-refractivity contribution in [2.24, 2.45) is 11.7 Å². The molecule has 1 aromatic rings. The van der Waals surface area contributed by atoms with Crippen LogP contribution in [0.5, 0.6) is 0 Å². The molecule has 0 saturated carbocycles. The summed E-state index contributed by atoms with van der Waals surface area (Å²) in [4.78, 5) is 11.8. The van der Waals surface area contributed by atoms with Gasteiger partial charge in [0.25, 0.3) is 0 Å². The third kappa shape index (κ3) is 3.61. The molecular weight excluding hydrogens is 268 g/mol. The Bertz CT molecular complexity index is 370. The van der Waals surface area contributed by atoms with Gasteiger partial charge in [-0.15, -0.1) is 0 Å². The first-order valence-corrected chi connectivity index (χ1v) is 6.03. The monoisotopic (exact) mass is 284 g/mol. The first kappa shape index (κ1) is 13.2. The molecular formula is C12H17BrN2O. The number of rotatable bonds is 3. The van der Waals surface area contributed by atoms with Crippen molar-refractivity contribution >= 4 is 27.5 Å². The van der Waals surface area contributed by atoms with Gasteiger partial charge >= 0.3 is 0 Å². The molecule has 88 valence electrons. The van der Waals surface area contributed by atoms with Gasteiger partial charge in [0.2, 0.25) is 5.91 Å². The van der Waals surface area contributed by atoms with Crippen LogP contribution in [0, 0.1) is 12.8 Å². The molecule has 2 unspecified atom stereocenters. The lowest BCUT2D eigenvalue weighted by Gasteiger charge is -2.15. The van der Waals surface area contributed by atoms with Gasteiger partial charge in [-0.3, -0.25) is 4.79 Å². The Labute approximate surface area is 105 Å². The van der Waals surface area contributed by atoms with E-state index in [1.807, 2.05) is 39.0 Å². The molecule has 3 N–H and O–H groups in total. The molecule has 0 heterocycles. The highest BCUT2D eigenvalue weighted by atomic mass is 79.9. The van der Waals surface area contributed by atoms with E-state index in [0.29, 0.717) is 0 Å². The molecule has 0 aliphatic heterocycles. The Morgan fingerprint density at radius 1 is 1.38 bits per heavy atom. The molecule has 0 fully saturated rings. The number of halogens is 1. The van der Waals surface area contributed by atoms with E-state index in [1.54, 1.807) is 0 Å². The summed E-state index contributed by atoms with van der Waals surface area (Å²) in [5, 5.41) is 2.86. The van der Waals surface area contributed by atoms with Crippen molar-refractivity contribution < 1.29 is 4.79 Å². The summed E-state index contributed by atoms with van der Waals surface area (Å²) in [5.41, 5.74) is 7.57. The first-order chi connectivity index (χ1) is 7.40. The average Bonchev–Trinajstić information content (AvgIpc) is 2.14. The van der Waals surface area contributed by atoms with Crippen molar-refractivity contribution in [1.29, 1.82) is 0 Å². The van der Waals surface area contributed by atoms with Gasteiger partial charge < -0.3 is 11.1 Å². The highest BCUT2D eigenvalue weighted by Crippen LogP contribution is 2.19. The second kappa shape index (κ2) is 5.46. The van der Waals surface area contributed by atoms with Gasteiger partial charge in [0, 0.05) is 16.2 Å². The van der Waals surface area contributed by atoms with Crippen LogP contribution < -0.4 is 11.1 Å². The smallest absolute Gasteiger partial charge is 0.228 e. The third-order valence-electron chi connectivity index (χ3n) is 2.51. The predicted octanol–water partition coefficient (Wildman–Crippen LogP) is 2.68. The van der Waals surface area contributed by atoms with Crippen LogP contribution in [-0.4, -0.2) is 11.9 Å². The van der Waals surface area contributed by atoms with Gasteiger partial charge in [0.15, 0.2) is 0 Å². The SMILES string of the molecule is Cc1cc(Br)cc(NC(=O)C(C)C(C)N)c1. The van der Waals surface area contributed by atoms with Gasteiger partial charge in [0.05, 0.1) is 5.92 Å². The van der Waals surface area contributed by atoms with E-state index in [4.69, 9.17) is 5.73 Å². The molecule has 1 aromatic carbocycles. The van der Waals surface area contributed by atoms with Gasteiger partial charge in [-0.2, -0.15) is 0 Å². The van der Waals surface area contributed by atoms with Crippen molar-refractivity contribution in [3.63, 3.8) is 0 Å². The number of hydrogen-bond acceptors (Lipinski definition) is 2. The number of anilines is 1. The van der Waals surface area contributed by atoms with E-state index in [1.165, 1.54) is 0 Å². The summed E-state index contributed by atoms with van der Waals surface area (Å²) >= 11 is 3.39. The zero-order valence-electron chi connectivity index (χ0n) is 9.75. The van der Waals surface area contributed by atoms with E-state index in [0.717, 1.165) is 15.7 Å². The van der Waals surface area contributed by atoms with Crippen LogP contribution in [0.4, 0.5) is 5.69 Å². The summed E-state index contributed by atoms with van der Waals surface area (Å²) in [6.07, 6.45) is 0. The fourth-order valence-electron chi connectivity index (χ4n) is 1.30. The minimum atomic E-state index is -0.195. The molecule has 3 nitrogen and oxygen atoms in total. The van der Waals surface area contributed by atoms with E-state index in [-0.39, 0.29) is 17.9 Å². The molecule has 0 radical (unpaired) electrons. The molecule has 16 heavy (non-hydrogen) atoms. The van der Waals surface area contributed by atoms with Crippen LogP contribution in [0.15, 0.2) is 22.7 Å². The predicted molar refractivity (Wildman–Crippen MR) is 70.3 cm³/mol. The lowest BCUT2D eigenvalue weighted by Crippen LogP contribution is -2.34. The highest BCUT2D eigenvalue weighted by molar-refractivity contribution is 9.10. The van der Waals surface area contributed by atoms with Crippen molar-refractivity contribution in [1.82, 2.24) is 0 Å². The Morgan fingerprint density at radius 3 is 2.50 bits per heavy atom. The zero-order chi connectivity index (χ0) is 12.3. The molecule has 0 bridgehead atoms. The molecule has 0 aliphatic rings. The van der Waals surface area contributed by atoms with Crippen molar-refractivity contribution in [2.45, 2.75) is 26.8 Å². The number of nitrogens with one attached hydrogen (secondary N) is 1. The normalized spacial score (nSPS) is 14.3. The second-order valence-electron chi connectivity index (χ2n) is 4.15. The van der Waals surface area contributed by atoms with Gasteiger partial charge in [-0.1, -0.05) is 22.9 Å². The Hall–Kier alpha value is -0.870. The van der Waals surface area contributed by atoms with Gasteiger partial charge in [-0.25, -0.2) is 0 Å². The number of benzene rings is 1. The molecule has 0 aliphatic carbocycles. The summed E-state index contributed by atoms with van der Waals surface area (Å²) in [7, 11) is 0. The summed E-state index contributed by atoms with van der Waals surface area (Å²) < 4.78 is 0.955. The van der Waals surface area contributed by atoms with E-state index in [2.05, 4.69) is 21.2 Å².